The van der Waals surface area contributed by atoms with Gasteiger partial charge in [0.2, 0.25) is 0 Å². The molecule has 0 amide bonds. The van der Waals surface area contributed by atoms with Crippen molar-refractivity contribution in [2.24, 2.45) is 0 Å². The van der Waals surface area contributed by atoms with E-state index in [2.05, 4.69) is 6.58 Å². The molecule has 0 bridgehead atoms. The van der Waals surface area contributed by atoms with E-state index in [1.807, 2.05) is 30.3 Å². The van der Waals surface area contributed by atoms with Crippen molar-refractivity contribution in [2.75, 3.05) is 6.61 Å². The van der Waals surface area contributed by atoms with E-state index in [-0.39, 0.29) is 6.61 Å². The highest BCUT2D eigenvalue weighted by Crippen LogP contribution is 2.31. The maximum Gasteiger partial charge on any atom is 0.195 e. The second kappa shape index (κ2) is 7.05. The summed E-state index contributed by atoms with van der Waals surface area (Å²) in [6.45, 7) is 7.07. The maximum atomic E-state index is 12.6. The summed E-state index contributed by atoms with van der Waals surface area (Å²) in [7, 11) is 0. The Hall–Kier alpha value is -1.69. The maximum absolute atomic E-state index is 12.6. The number of hydrogen-bond acceptors (Lipinski definition) is 4. The molecular formula is C17H23NO4. The standard InChI is InChI=1S/C17H23NO4/c1-4-8-14(16-15(12-19)21-17(2,3)22-16)18(20)11-13-9-6-5-7-10-13/h4-7,9-11,14-16,19H,1,8,12H2,2-3H3/b18-11-/t14-,15+,16-/m0/s1. The van der Waals surface area contributed by atoms with Crippen LogP contribution in [0.25, 0.3) is 0 Å². The van der Waals surface area contributed by atoms with Crippen LogP contribution in [0.4, 0.5) is 0 Å². The van der Waals surface area contributed by atoms with Crippen molar-refractivity contribution in [3.63, 3.8) is 0 Å². The lowest BCUT2D eigenvalue weighted by atomic mass is 10.0. The van der Waals surface area contributed by atoms with Gasteiger partial charge in [0.25, 0.3) is 0 Å². The van der Waals surface area contributed by atoms with Gasteiger partial charge in [0.1, 0.15) is 6.10 Å². The monoisotopic (exact) mass is 305 g/mol. The van der Waals surface area contributed by atoms with E-state index in [1.165, 1.54) is 6.21 Å². The fourth-order valence-corrected chi connectivity index (χ4v) is 2.67. The third kappa shape index (κ3) is 3.94. The molecule has 1 aromatic carbocycles. The van der Waals surface area contributed by atoms with Gasteiger partial charge in [-0.25, -0.2) is 4.74 Å². The minimum Gasteiger partial charge on any atom is -0.623 e. The number of aliphatic hydroxyl groups excluding tert-OH is 1. The average molecular weight is 305 g/mol. The molecule has 3 atom stereocenters. The largest absolute Gasteiger partial charge is 0.623 e. The van der Waals surface area contributed by atoms with Crippen LogP contribution in [0.3, 0.4) is 0 Å². The molecule has 120 valence electrons. The molecule has 0 aromatic heterocycles. The van der Waals surface area contributed by atoms with Crippen molar-refractivity contribution < 1.29 is 19.3 Å². The van der Waals surface area contributed by atoms with Crippen LogP contribution >= 0.6 is 0 Å². The van der Waals surface area contributed by atoms with E-state index < -0.39 is 24.0 Å². The van der Waals surface area contributed by atoms with Gasteiger partial charge < -0.3 is 19.8 Å². The lowest BCUT2D eigenvalue weighted by Gasteiger charge is -2.24. The van der Waals surface area contributed by atoms with Crippen LogP contribution in [0.2, 0.25) is 0 Å². The van der Waals surface area contributed by atoms with Gasteiger partial charge in [0.05, 0.1) is 6.61 Å². The number of rotatable bonds is 6. The Kier molecular flexibility index (Phi) is 5.34. The van der Waals surface area contributed by atoms with Crippen LogP contribution in [-0.2, 0) is 9.47 Å². The van der Waals surface area contributed by atoms with E-state index in [0.29, 0.717) is 6.42 Å². The first-order valence-electron chi connectivity index (χ1n) is 7.39. The summed E-state index contributed by atoms with van der Waals surface area (Å²) in [6, 6.07) is 8.85. The van der Waals surface area contributed by atoms with Gasteiger partial charge in [-0.1, -0.05) is 24.3 Å². The highest BCUT2D eigenvalue weighted by molar-refractivity contribution is 5.75. The number of hydroxylamine groups is 1. The van der Waals surface area contributed by atoms with Crippen molar-refractivity contribution in [2.45, 2.75) is 44.3 Å². The quantitative estimate of drug-likeness (QED) is 0.287. The molecule has 0 spiro atoms. The Morgan fingerprint density at radius 2 is 2.05 bits per heavy atom. The summed E-state index contributed by atoms with van der Waals surface area (Å²) in [5.41, 5.74) is 0.810. The van der Waals surface area contributed by atoms with Gasteiger partial charge in [0, 0.05) is 12.0 Å². The zero-order chi connectivity index (χ0) is 16.2. The molecule has 2 rings (SSSR count). The molecule has 1 heterocycles. The average Bonchev–Trinajstić information content (AvgIpc) is 2.80. The molecular weight excluding hydrogens is 282 g/mol. The Bertz CT molecular complexity index is 527. The van der Waals surface area contributed by atoms with Gasteiger partial charge in [-0.05, 0) is 26.0 Å². The predicted octanol–water partition coefficient (Wildman–Crippen LogP) is 2.07. The summed E-state index contributed by atoms with van der Waals surface area (Å²) >= 11 is 0. The van der Waals surface area contributed by atoms with Crippen LogP contribution < -0.4 is 0 Å². The van der Waals surface area contributed by atoms with Gasteiger partial charge in [0.15, 0.2) is 24.1 Å². The molecule has 0 saturated carbocycles. The van der Waals surface area contributed by atoms with Crippen molar-refractivity contribution in [3.8, 4) is 0 Å². The van der Waals surface area contributed by atoms with Gasteiger partial charge in [-0.3, -0.25) is 0 Å². The topological polar surface area (TPSA) is 64.8 Å². The number of ether oxygens (including phenoxy) is 2. The summed E-state index contributed by atoms with van der Waals surface area (Å²) in [5.74, 6) is -0.814. The first-order valence-corrected chi connectivity index (χ1v) is 7.39. The molecule has 0 radical (unpaired) electrons. The smallest absolute Gasteiger partial charge is 0.195 e. The van der Waals surface area contributed by atoms with Crippen LogP contribution in [0.15, 0.2) is 43.0 Å². The SMILES string of the molecule is C=CC[C@@H]([C@@H]1OC(C)(C)O[C@@H]1CO)/[N+]([O-])=C/c1ccccc1. The number of hydrogen-bond donors (Lipinski definition) is 1. The van der Waals surface area contributed by atoms with Gasteiger partial charge in [-0.15, -0.1) is 6.58 Å². The van der Waals surface area contributed by atoms with E-state index in [9.17, 15) is 10.3 Å². The van der Waals surface area contributed by atoms with Crippen LogP contribution in [0.5, 0.6) is 0 Å². The van der Waals surface area contributed by atoms with Crippen molar-refractivity contribution in [1.82, 2.24) is 0 Å². The minimum atomic E-state index is -0.814. The molecule has 1 aliphatic rings. The lowest BCUT2D eigenvalue weighted by molar-refractivity contribution is -0.510. The van der Waals surface area contributed by atoms with Crippen molar-refractivity contribution in [3.05, 3.63) is 53.8 Å². The molecule has 1 N–H and O–H groups in total. The predicted molar refractivity (Wildman–Crippen MR) is 84.7 cm³/mol. The number of nitrogens with zero attached hydrogens (tertiary/aromatic N) is 1. The van der Waals surface area contributed by atoms with Crippen LogP contribution in [0.1, 0.15) is 25.8 Å². The van der Waals surface area contributed by atoms with Gasteiger partial charge in [-0.2, -0.15) is 0 Å². The summed E-state index contributed by atoms with van der Waals surface area (Å²) in [6.07, 6.45) is 2.60. The summed E-state index contributed by atoms with van der Waals surface area (Å²) in [5, 5.41) is 22.1. The van der Waals surface area contributed by atoms with Crippen molar-refractivity contribution >= 4 is 6.21 Å². The first-order chi connectivity index (χ1) is 10.5. The molecule has 1 aliphatic heterocycles. The Morgan fingerprint density at radius 1 is 1.36 bits per heavy atom. The minimum absolute atomic E-state index is 0.194. The molecule has 5 nitrogen and oxygen atoms in total. The molecule has 0 aliphatic carbocycles. The number of benzene rings is 1. The second-order valence-electron chi connectivity index (χ2n) is 5.81. The summed E-state index contributed by atoms with van der Waals surface area (Å²) < 4.78 is 12.4. The molecule has 1 fully saturated rings. The van der Waals surface area contributed by atoms with E-state index in [1.54, 1.807) is 19.9 Å². The Labute approximate surface area is 131 Å². The molecule has 0 unspecified atom stereocenters. The van der Waals surface area contributed by atoms with Gasteiger partial charge >= 0.3 is 0 Å². The Balaban J connectivity index is 2.25. The zero-order valence-electron chi connectivity index (χ0n) is 13.0. The zero-order valence-corrected chi connectivity index (χ0v) is 13.0. The number of aliphatic hydroxyl groups is 1. The second-order valence-corrected chi connectivity index (χ2v) is 5.81. The third-order valence-corrected chi connectivity index (χ3v) is 3.59. The molecule has 5 heteroatoms. The molecule has 1 saturated heterocycles. The molecule has 22 heavy (non-hydrogen) atoms. The van der Waals surface area contributed by atoms with Crippen LogP contribution in [0, 0.1) is 5.21 Å². The third-order valence-electron chi connectivity index (χ3n) is 3.59. The first kappa shape index (κ1) is 16.7. The van der Waals surface area contributed by atoms with Crippen LogP contribution in [-0.4, -0.2) is 46.7 Å². The lowest BCUT2D eigenvalue weighted by Crippen LogP contribution is -2.43. The van der Waals surface area contributed by atoms with E-state index in [4.69, 9.17) is 9.47 Å². The summed E-state index contributed by atoms with van der Waals surface area (Å²) in [4.78, 5) is 0. The normalized spacial score (nSPS) is 25.9. The highest BCUT2D eigenvalue weighted by atomic mass is 16.8. The fourth-order valence-electron chi connectivity index (χ4n) is 2.67. The van der Waals surface area contributed by atoms with Crippen molar-refractivity contribution in [1.29, 1.82) is 0 Å². The van der Waals surface area contributed by atoms with E-state index in [0.717, 1.165) is 10.3 Å². The Morgan fingerprint density at radius 3 is 2.64 bits per heavy atom. The fraction of sp³-hybridized carbons (Fsp3) is 0.471. The van der Waals surface area contributed by atoms with E-state index >= 15 is 0 Å². The highest BCUT2D eigenvalue weighted by Gasteiger charge is 2.47. The molecule has 1 aromatic rings.